The van der Waals surface area contributed by atoms with Crippen LogP contribution in [-0.4, -0.2) is 4.89 Å². The Kier molecular flexibility index (Phi) is 5.03. The van der Waals surface area contributed by atoms with E-state index in [4.69, 9.17) is 4.89 Å². The Bertz CT molecular complexity index is 98.6. The second-order valence-corrected chi connectivity index (χ2v) is 2.54. The summed E-state index contributed by atoms with van der Waals surface area (Å²) in [5, 5.41) is 0. The van der Waals surface area contributed by atoms with Gasteiger partial charge in [0.15, 0.2) is 0 Å². The summed E-state index contributed by atoms with van der Waals surface area (Å²) < 4.78 is 9.97. The maximum Gasteiger partial charge on any atom is 0.210 e. The fraction of sp³-hybridized carbons (Fsp3) is 0.600. The van der Waals surface area contributed by atoms with Crippen molar-refractivity contribution in [2.75, 3.05) is 0 Å². The van der Waals surface area contributed by atoms with Crippen LogP contribution in [0.4, 0.5) is 0 Å². The highest BCUT2D eigenvalue weighted by molar-refractivity contribution is 7.41. The van der Waals surface area contributed by atoms with E-state index in [1.165, 1.54) is 5.82 Å². The van der Waals surface area contributed by atoms with Crippen LogP contribution >= 0.6 is 8.03 Å². The molecule has 1 unspecified atom stereocenters. The third kappa shape index (κ3) is 5.93. The Labute approximate surface area is 50.1 Å². The average Bonchev–Trinajstić information content (AvgIpc) is 1.66. The van der Waals surface area contributed by atoms with E-state index in [2.05, 4.69) is 0 Å². The Morgan fingerprint density at radius 3 is 2.75 bits per heavy atom. The molecule has 0 radical (unpaired) electrons. The van der Waals surface area contributed by atoms with Crippen molar-refractivity contribution < 1.29 is 9.46 Å². The fourth-order valence-electron chi connectivity index (χ4n) is 0.351. The van der Waals surface area contributed by atoms with Crippen LogP contribution < -0.4 is 0 Å². The van der Waals surface area contributed by atoms with Gasteiger partial charge in [0.2, 0.25) is 8.03 Å². The minimum absolute atomic E-state index is 0.900. The molecule has 0 aromatic carbocycles. The van der Waals surface area contributed by atoms with E-state index in [1.54, 1.807) is 6.08 Å². The number of rotatable bonds is 3. The summed E-state index contributed by atoms with van der Waals surface area (Å²) >= 11 is 0. The van der Waals surface area contributed by atoms with Crippen molar-refractivity contribution in [2.24, 2.45) is 0 Å². The molecule has 0 aromatic rings. The lowest BCUT2D eigenvalue weighted by molar-refractivity contribution is 0.512. The van der Waals surface area contributed by atoms with Gasteiger partial charge in [0.05, 0.1) is 0 Å². The number of unbranched alkanes of at least 4 members (excludes halogenated alkanes) is 1. The quantitative estimate of drug-likeness (QED) is 0.597. The molecule has 48 valence electrons. The lowest BCUT2D eigenvalue weighted by atomic mass is 10.3. The second kappa shape index (κ2) is 5.07. The minimum Gasteiger partial charge on any atom is -0.344 e. The molecule has 2 nitrogen and oxygen atoms in total. The zero-order valence-corrected chi connectivity index (χ0v) is 5.92. The van der Waals surface area contributed by atoms with Crippen molar-refractivity contribution in [3.05, 3.63) is 11.9 Å². The van der Waals surface area contributed by atoms with Gasteiger partial charge in [0, 0.05) is 0 Å². The van der Waals surface area contributed by atoms with Gasteiger partial charge in [-0.25, -0.2) is 0 Å². The maximum atomic E-state index is 9.97. The summed E-state index contributed by atoms with van der Waals surface area (Å²) in [6, 6.07) is 0. The first-order valence-corrected chi connectivity index (χ1v) is 4.10. The van der Waals surface area contributed by atoms with Crippen LogP contribution in [0.25, 0.3) is 0 Å². The van der Waals surface area contributed by atoms with Gasteiger partial charge < -0.3 is 4.89 Å². The molecule has 0 saturated heterocycles. The van der Waals surface area contributed by atoms with Gasteiger partial charge >= 0.3 is 0 Å². The van der Waals surface area contributed by atoms with Crippen LogP contribution in [0.3, 0.4) is 0 Å². The van der Waals surface area contributed by atoms with Gasteiger partial charge in [-0.2, -0.15) is 0 Å². The molecule has 0 amide bonds. The molecule has 0 fully saturated rings. The van der Waals surface area contributed by atoms with Crippen LogP contribution in [0.1, 0.15) is 19.8 Å². The third-order valence-corrected chi connectivity index (χ3v) is 1.24. The highest BCUT2D eigenvalue weighted by Crippen LogP contribution is 2.14. The van der Waals surface area contributed by atoms with Gasteiger partial charge in [-0.15, -0.1) is 0 Å². The average molecular weight is 134 g/mol. The Hall–Kier alpha value is -0.0700. The number of allylic oxidation sites excluding steroid dienone is 1. The predicted octanol–water partition coefficient (Wildman–Crippen LogP) is 1.77. The molecule has 0 aliphatic heterocycles. The first kappa shape index (κ1) is 7.93. The summed E-state index contributed by atoms with van der Waals surface area (Å²) in [6.45, 7) is 2.03. The third-order valence-electron chi connectivity index (χ3n) is 0.716. The standard InChI is InChI=1S/C5H11O2P/c1-2-3-4-5-8(6)7/h4-5,8H,2-3H2,1H3,(H,6,7). The molecule has 0 bridgehead atoms. The molecular formula is C5H11O2P. The van der Waals surface area contributed by atoms with Crippen LogP contribution in [0.5, 0.6) is 0 Å². The zero-order chi connectivity index (χ0) is 6.41. The molecule has 0 aliphatic carbocycles. The largest absolute Gasteiger partial charge is 0.344 e. The summed E-state index contributed by atoms with van der Waals surface area (Å²) in [4.78, 5) is 8.24. The van der Waals surface area contributed by atoms with E-state index in [-0.39, 0.29) is 0 Å². The van der Waals surface area contributed by atoms with Crippen molar-refractivity contribution >= 4 is 8.03 Å². The molecule has 0 spiro atoms. The number of hydrogen-bond donors (Lipinski definition) is 1. The van der Waals surface area contributed by atoms with Gasteiger partial charge in [-0.3, -0.25) is 4.57 Å². The second-order valence-electron chi connectivity index (χ2n) is 1.53. The minimum atomic E-state index is -2.34. The first-order chi connectivity index (χ1) is 3.77. The van der Waals surface area contributed by atoms with E-state index >= 15 is 0 Å². The van der Waals surface area contributed by atoms with Crippen molar-refractivity contribution in [3.63, 3.8) is 0 Å². The molecule has 3 heteroatoms. The molecule has 8 heavy (non-hydrogen) atoms. The first-order valence-electron chi connectivity index (χ1n) is 2.67. The Balaban J connectivity index is 3.20. The monoisotopic (exact) mass is 134 g/mol. The Morgan fingerprint density at radius 2 is 2.38 bits per heavy atom. The van der Waals surface area contributed by atoms with E-state index in [9.17, 15) is 4.57 Å². The SMILES string of the molecule is CCCC=C[PH](=O)O. The molecule has 0 aliphatic rings. The molecule has 0 heterocycles. The normalized spacial score (nSPS) is 14.8. The lowest BCUT2D eigenvalue weighted by Crippen LogP contribution is -1.57. The zero-order valence-electron chi connectivity index (χ0n) is 4.92. The molecular weight excluding hydrogens is 123 g/mol. The smallest absolute Gasteiger partial charge is 0.210 e. The van der Waals surface area contributed by atoms with Crippen LogP contribution in [0.2, 0.25) is 0 Å². The van der Waals surface area contributed by atoms with Crippen LogP contribution in [0, 0.1) is 0 Å². The van der Waals surface area contributed by atoms with E-state index < -0.39 is 8.03 Å². The van der Waals surface area contributed by atoms with Gasteiger partial charge in [-0.05, 0) is 12.2 Å². The highest BCUT2D eigenvalue weighted by atomic mass is 31.1. The van der Waals surface area contributed by atoms with E-state index in [0.717, 1.165) is 12.8 Å². The van der Waals surface area contributed by atoms with Crippen LogP contribution in [0.15, 0.2) is 11.9 Å². The maximum absolute atomic E-state index is 9.97. The predicted molar refractivity (Wildman–Crippen MR) is 35.3 cm³/mol. The van der Waals surface area contributed by atoms with Crippen molar-refractivity contribution in [3.8, 4) is 0 Å². The van der Waals surface area contributed by atoms with Gasteiger partial charge in [0.25, 0.3) is 0 Å². The molecule has 0 rings (SSSR count). The van der Waals surface area contributed by atoms with Crippen molar-refractivity contribution in [1.29, 1.82) is 0 Å². The number of hydrogen-bond acceptors (Lipinski definition) is 1. The van der Waals surface area contributed by atoms with E-state index in [1.807, 2.05) is 6.92 Å². The molecule has 1 atom stereocenters. The van der Waals surface area contributed by atoms with Gasteiger partial charge in [-0.1, -0.05) is 19.4 Å². The molecule has 1 N–H and O–H groups in total. The van der Waals surface area contributed by atoms with E-state index in [0.29, 0.717) is 0 Å². The van der Waals surface area contributed by atoms with Crippen molar-refractivity contribution in [2.45, 2.75) is 19.8 Å². The van der Waals surface area contributed by atoms with Crippen molar-refractivity contribution in [1.82, 2.24) is 0 Å². The Morgan fingerprint density at radius 1 is 1.75 bits per heavy atom. The molecule has 0 saturated carbocycles. The summed E-state index contributed by atoms with van der Waals surface area (Å²) in [5.74, 6) is 1.36. The topological polar surface area (TPSA) is 37.3 Å². The summed E-state index contributed by atoms with van der Waals surface area (Å²) in [5.41, 5.74) is 0. The fourth-order valence-corrected chi connectivity index (χ4v) is 0.719. The highest BCUT2D eigenvalue weighted by Gasteiger charge is 1.77. The molecule has 0 aromatic heterocycles. The lowest BCUT2D eigenvalue weighted by Gasteiger charge is -1.80. The van der Waals surface area contributed by atoms with Gasteiger partial charge in [0.1, 0.15) is 0 Å². The summed E-state index contributed by atoms with van der Waals surface area (Å²) in [7, 11) is -2.34. The van der Waals surface area contributed by atoms with Crippen LogP contribution in [-0.2, 0) is 4.57 Å². The summed E-state index contributed by atoms with van der Waals surface area (Å²) in [6.07, 6.45) is 3.67.